The molecule has 178 valence electrons. The van der Waals surface area contributed by atoms with Crippen LogP contribution >= 0.6 is 12.4 Å². The fourth-order valence-corrected chi connectivity index (χ4v) is 3.21. The summed E-state index contributed by atoms with van der Waals surface area (Å²) in [6, 6.07) is 21.4. The fourth-order valence-electron chi connectivity index (χ4n) is 3.21. The first-order valence-electron chi connectivity index (χ1n) is 10.1. The quantitative estimate of drug-likeness (QED) is 0.113. The molecule has 11 heteroatoms. The zero-order valence-electron chi connectivity index (χ0n) is 18.5. The number of nitrogens with two attached hydrogens (primary N) is 1. The van der Waals surface area contributed by atoms with Crippen molar-refractivity contribution in [2.24, 2.45) is 10.7 Å². The molecule has 3 aromatic carbocycles. The molecule has 0 aliphatic carbocycles. The SMILES string of the molecule is COc1ccc(-c2cc(-c3ccccc3[N+](=O)[O-])nc(N=C(N)Nc3ccc(O)cc3)n2)cc1.Cl. The molecule has 0 amide bonds. The van der Waals surface area contributed by atoms with Gasteiger partial charge in [0.25, 0.3) is 11.6 Å². The van der Waals surface area contributed by atoms with Gasteiger partial charge in [0.15, 0.2) is 0 Å². The number of hydrogen-bond acceptors (Lipinski definition) is 7. The van der Waals surface area contributed by atoms with Crippen LogP contribution in [0.1, 0.15) is 0 Å². The van der Waals surface area contributed by atoms with Crippen LogP contribution in [0.2, 0.25) is 0 Å². The molecular weight excluding hydrogens is 472 g/mol. The van der Waals surface area contributed by atoms with Gasteiger partial charge in [-0.05, 0) is 60.7 Å². The molecule has 0 atom stereocenters. The molecule has 1 aromatic heterocycles. The maximum absolute atomic E-state index is 11.6. The normalized spacial score (nSPS) is 10.8. The highest BCUT2D eigenvalue weighted by atomic mass is 35.5. The van der Waals surface area contributed by atoms with Crippen molar-refractivity contribution in [1.29, 1.82) is 0 Å². The molecule has 0 aliphatic heterocycles. The number of hydrogen-bond donors (Lipinski definition) is 3. The number of nitro benzene ring substituents is 1. The van der Waals surface area contributed by atoms with Crippen molar-refractivity contribution in [2.45, 2.75) is 0 Å². The summed E-state index contributed by atoms with van der Waals surface area (Å²) in [5.74, 6) is 0.819. The number of methoxy groups -OCH3 is 1. The zero-order chi connectivity index (χ0) is 24.1. The highest BCUT2D eigenvalue weighted by molar-refractivity contribution is 5.93. The number of ether oxygens (including phenoxy) is 1. The van der Waals surface area contributed by atoms with Crippen LogP contribution in [-0.4, -0.2) is 33.1 Å². The first kappa shape index (κ1) is 24.9. The minimum Gasteiger partial charge on any atom is -0.508 e. The summed E-state index contributed by atoms with van der Waals surface area (Å²) in [4.78, 5) is 24.3. The van der Waals surface area contributed by atoms with E-state index in [9.17, 15) is 15.2 Å². The van der Waals surface area contributed by atoms with Crippen molar-refractivity contribution in [3.63, 3.8) is 0 Å². The lowest BCUT2D eigenvalue weighted by Crippen LogP contribution is -2.22. The molecule has 4 aromatic rings. The van der Waals surface area contributed by atoms with Crippen LogP contribution in [0.3, 0.4) is 0 Å². The van der Waals surface area contributed by atoms with E-state index < -0.39 is 4.92 Å². The van der Waals surface area contributed by atoms with Gasteiger partial charge < -0.3 is 20.9 Å². The number of nitrogens with zero attached hydrogens (tertiary/aromatic N) is 4. The van der Waals surface area contributed by atoms with Gasteiger partial charge >= 0.3 is 0 Å². The highest BCUT2D eigenvalue weighted by Crippen LogP contribution is 2.32. The lowest BCUT2D eigenvalue weighted by atomic mass is 10.1. The molecule has 0 aliphatic rings. The molecule has 4 rings (SSSR count). The van der Waals surface area contributed by atoms with E-state index in [-0.39, 0.29) is 35.8 Å². The van der Waals surface area contributed by atoms with Crippen LogP contribution in [0.5, 0.6) is 11.5 Å². The Kier molecular flexibility index (Phi) is 7.80. The van der Waals surface area contributed by atoms with Crippen LogP contribution in [0.25, 0.3) is 22.5 Å². The summed E-state index contributed by atoms with van der Waals surface area (Å²) in [5, 5.41) is 23.9. The maximum atomic E-state index is 11.6. The fraction of sp³-hybridized carbons (Fsp3) is 0.0417. The number of nitro groups is 1. The summed E-state index contributed by atoms with van der Waals surface area (Å²) < 4.78 is 5.21. The number of phenolic OH excluding ortho intramolecular Hbond substituents is 1. The van der Waals surface area contributed by atoms with Gasteiger partial charge in [-0.3, -0.25) is 10.1 Å². The molecule has 4 N–H and O–H groups in total. The van der Waals surface area contributed by atoms with Crippen molar-refractivity contribution >= 4 is 35.7 Å². The summed E-state index contributed by atoms with van der Waals surface area (Å²) in [6.45, 7) is 0. The third-order valence-corrected chi connectivity index (χ3v) is 4.84. The Morgan fingerprint density at radius 2 is 1.69 bits per heavy atom. The number of rotatable bonds is 6. The summed E-state index contributed by atoms with van der Waals surface area (Å²) >= 11 is 0. The lowest BCUT2D eigenvalue weighted by Gasteiger charge is -2.09. The molecule has 0 unspecified atom stereocenters. The Hall–Kier alpha value is -4.70. The second-order valence-electron chi connectivity index (χ2n) is 7.11. The number of guanidine groups is 1. The van der Waals surface area contributed by atoms with E-state index in [0.29, 0.717) is 28.4 Å². The number of anilines is 1. The molecule has 0 bridgehead atoms. The van der Waals surface area contributed by atoms with Crippen molar-refractivity contribution in [2.75, 3.05) is 12.4 Å². The number of phenols is 1. The molecule has 35 heavy (non-hydrogen) atoms. The van der Waals surface area contributed by atoms with Crippen LogP contribution < -0.4 is 15.8 Å². The van der Waals surface area contributed by atoms with E-state index >= 15 is 0 Å². The number of halogens is 1. The molecular formula is C24H21ClN6O4. The van der Waals surface area contributed by atoms with Gasteiger partial charge in [0, 0.05) is 17.3 Å². The molecule has 10 nitrogen and oxygen atoms in total. The van der Waals surface area contributed by atoms with E-state index in [4.69, 9.17) is 10.5 Å². The number of benzene rings is 3. The molecule has 0 radical (unpaired) electrons. The average molecular weight is 493 g/mol. The Morgan fingerprint density at radius 1 is 1.03 bits per heavy atom. The first-order valence-corrected chi connectivity index (χ1v) is 10.1. The molecule has 0 spiro atoms. The largest absolute Gasteiger partial charge is 0.508 e. The average Bonchev–Trinajstić information content (AvgIpc) is 2.85. The maximum Gasteiger partial charge on any atom is 0.278 e. The third kappa shape index (κ3) is 6.01. The number of nitrogens with one attached hydrogen (secondary N) is 1. The number of aliphatic imine (C=N–C) groups is 1. The van der Waals surface area contributed by atoms with Crippen LogP contribution in [0, 0.1) is 10.1 Å². The summed E-state index contributed by atoms with van der Waals surface area (Å²) in [6.07, 6.45) is 0. The van der Waals surface area contributed by atoms with Gasteiger partial charge in [-0.15, -0.1) is 12.4 Å². The molecule has 1 heterocycles. The number of para-hydroxylation sites is 1. The summed E-state index contributed by atoms with van der Waals surface area (Å²) in [7, 11) is 1.57. The molecule has 0 fully saturated rings. The van der Waals surface area contributed by atoms with Crippen molar-refractivity contribution < 1.29 is 14.8 Å². The standard InChI is InChI=1S/C24H20N6O4.ClH/c1-34-18-12-6-15(7-13-18)20-14-21(19-4-2-3-5-22(19)30(32)33)28-24(27-20)29-23(25)26-16-8-10-17(31)11-9-16;/h2-14,31H,1H3,(H3,25,26,27,28,29);1H. The van der Waals surface area contributed by atoms with Gasteiger partial charge in [-0.25, -0.2) is 9.97 Å². The topological polar surface area (TPSA) is 149 Å². The van der Waals surface area contributed by atoms with Gasteiger partial charge in [-0.1, -0.05) is 12.1 Å². The number of aromatic nitrogens is 2. The van der Waals surface area contributed by atoms with Gasteiger partial charge in [-0.2, -0.15) is 4.99 Å². The Bertz CT molecular complexity index is 1360. The van der Waals surface area contributed by atoms with Crippen molar-refractivity contribution in [3.8, 4) is 34.0 Å². The van der Waals surface area contributed by atoms with E-state index in [0.717, 1.165) is 5.56 Å². The van der Waals surface area contributed by atoms with Crippen LogP contribution in [-0.2, 0) is 0 Å². The molecule has 0 saturated carbocycles. The highest BCUT2D eigenvalue weighted by Gasteiger charge is 2.18. The zero-order valence-corrected chi connectivity index (χ0v) is 19.3. The van der Waals surface area contributed by atoms with E-state index in [2.05, 4.69) is 20.3 Å². The van der Waals surface area contributed by atoms with Crippen LogP contribution in [0.15, 0.2) is 83.9 Å². The van der Waals surface area contributed by atoms with Gasteiger partial charge in [0.2, 0.25) is 5.96 Å². The second kappa shape index (κ2) is 10.9. The van der Waals surface area contributed by atoms with Gasteiger partial charge in [0.05, 0.1) is 29.0 Å². The molecule has 0 saturated heterocycles. The van der Waals surface area contributed by atoms with E-state index in [1.54, 1.807) is 55.6 Å². The van der Waals surface area contributed by atoms with E-state index in [1.807, 2.05) is 12.1 Å². The van der Waals surface area contributed by atoms with E-state index in [1.165, 1.54) is 18.2 Å². The van der Waals surface area contributed by atoms with Crippen molar-refractivity contribution in [3.05, 3.63) is 89.0 Å². The van der Waals surface area contributed by atoms with Crippen LogP contribution in [0.4, 0.5) is 17.3 Å². The number of aromatic hydroxyl groups is 1. The Morgan fingerprint density at radius 3 is 2.34 bits per heavy atom. The minimum absolute atomic E-state index is 0. The smallest absolute Gasteiger partial charge is 0.278 e. The monoisotopic (exact) mass is 492 g/mol. The third-order valence-electron chi connectivity index (χ3n) is 4.84. The Labute approximate surface area is 206 Å². The predicted octanol–water partition coefficient (Wildman–Crippen LogP) is 4.91. The Balaban J connectivity index is 0.00000342. The lowest BCUT2D eigenvalue weighted by molar-refractivity contribution is -0.384. The summed E-state index contributed by atoms with van der Waals surface area (Å²) in [5.41, 5.74) is 8.44. The van der Waals surface area contributed by atoms with Crippen molar-refractivity contribution in [1.82, 2.24) is 9.97 Å². The predicted molar refractivity (Wildman–Crippen MR) is 136 cm³/mol. The van der Waals surface area contributed by atoms with Gasteiger partial charge in [0.1, 0.15) is 11.5 Å². The minimum atomic E-state index is -0.464. The second-order valence-corrected chi connectivity index (χ2v) is 7.11. The first-order chi connectivity index (χ1) is 16.4.